The van der Waals surface area contributed by atoms with Crippen LogP contribution in [0.3, 0.4) is 0 Å². The monoisotopic (exact) mass is 228 g/mol. The number of rotatable bonds is 3. The standard InChI is InChI=1S/C15H16O2/c1-11-6-7-13(8-14(11)10-16)12-4-3-5-15(9-12)17-2/h3-9,16H,10H2,1-2H3. The van der Waals surface area contributed by atoms with Crippen molar-refractivity contribution in [3.05, 3.63) is 53.6 Å². The van der Waals surface area contributed by atoms with Gasteiger partial charge in [0, 0.05) is 0 Å². The predicted octanol–water partition coefficient (Wildman–Crippen LogP) is 3.16. The third-order valence-corrected chi connectivity index (χ3v) is 2.92. The van der Waals surface area contributed by atoms with Crippen molar-refractivity contribution in [3.63, 3.8) is 0 Å². The fourth-order valence-electron chi connectivity index (χ4n) is 1.82. The summed E-state index contributed by atoms with van der Waals surface area (Å²) in [6.07, 6.45) is 0. The van der Waals surface area contributed by atoms with Crippen molar-refractivity contribution in [1.82, 2.24) is 0 Å². The lowest BCUT2D eigenvalue weighted by Crippen LogP contribution is -1.90. The van der Waals surface area contributed by atoms with Crippen LogP contribution in [0.2, 0.25) is 0 Å². The second kappa shape index (κ2) is 5.02. The molecular formula is C15H16O2. The molecule has 2 nitrogen and oxygen atoms in total. The highest BCUT2D eigenvalue weighted by Gasteiger charge is 2.03. The first-order valence-electron chi connectivity index (χ1n) is 5.59. The van der Waals surface area contributed by atoms with Gasteiger partial charge in [-0.25, -0.2) is 0 Å². The van der Waals surface area contributed by atoms with E-state index in [9.17, 15) is 5.11 Å². The van der Waals surface area contributed by atoms with Crippen LogP contribution in [0, 0.1) is 6.92 Å². The van der Waals surface area contributed by atoms with Gasteiger partial charge in [0.2, 0.25) is 0 Å². The van der Waals surface area contributed by atoms with E-state index in [4.69, 9.17) is 4.74 Å². The molecule has 0 saturated carbocycles. The number of methoxy groups -OCH3 is 1. The molecule has 0 aliphatic heterocycles. The molecule has 88 valence electrons. The van der Waals surface area contributed by atoms with Crippen molar-refractivity contribution in [3.8, 4) is 16.9 Å². The van der Waals surface area contributed by atoms with Crippen LogP contribution < -0.4 is 4.74 Å². The predicted molar refractivity (Wildman–Crippen MR) is 69.1 cm³/mol. The number of aryl methyl sites for hydroxylation is 1. The Morgan fingerprint density at radius 3 is 2.53 bits per heavy atom. The van der Waals surface area contributed by atoms with Crippen molar-refractivity contribution < 1.29 is 9.84 Å². The quantitative estimate of drug-likeness (QED) is 0.874. The minimum Gasteiger partial charge on any atom is -0.497 e. The van der Waals surface area contributed by atoms with Gasteiger partial charge < -0.3 is 9.84 Å². The molecule has 0 radical (unpaired) electrons. The summed E-state index contributed by atoms with van der Waals surface area (Å²) in [7, 11) is 1.66. The van der Waals surface area contributed by atoms with Crippen molar-refractivity contribution in [2.24, 2.45) is 0 Å². The molecule has 0 aliphatic carbocycles. The molecule has 0 heterocycles. The van der Waals surface area contributed by atoms with E-state index in [-0.39, 0.29) is 6.61 Å². The van der Waals surface area contributed by atoms with Crippen molar-refractivity contribution in [2.75, 3.05) is 7.11 Å². The highest BCUT2D eigenvalue weighted by Crippen LogP contribution is 2.25. The largest absolute Gasteiger partial charge is 0.497 e. The minimum atomic E-state index is 0.0731. The van der Waals surface area contributed by atoms with Crippen molar-refractivity contribution >= 4 is 0 Å². The zero-order valence-corrected chi connectivity index (χ0v) is 10.1. The number of hydrogen-bond acceptors (Lipinski definition) is 2. The van der Waals surface area contributed by atoms with E-state index in [1.165, 1.54) is 0 Å². The first kappa shape index (κ1) is 11.7. The topological polar surface area (TPSA) is 29.5 Å². The van der Waals surface area contributed by atoms with E-state index in [2.05, 4.69) is 6.07 Å². The molecular weight excluding hydrogens is 212 g/mol. The van der Waals surface area contributed by atoms with Gasteiger partial charge in [-0.05, 0) is 47.4 Å². The maximum absolute atomic E-state index is 9.27. The van der Waals surface area contributed by atoms with Crippen LogP contribution in [0.25, 0.3) is 11.1 Å². The molecule has 2 heteroatoms. The van der Waals surface area contributed by atoms with E-state index in [0.29, 0.717) is 0 Å². The Morgan fingerprint density at radius 2 is 1.82 bits per heavy atom. The van der Waals surface area contributed by atoms with Gasteiger partial charge in [-0.3, -0.25) is 0 Å². The van der Waals surface area contributed by atoms with Gasteiger partial charge in [-0.2, -0.15) is 0 Å². The fourth-order valence-corrected chi connectivity index (χ4v) is 1.82. The Labute approximate surface area is 101 Å². The van der Waals surface area contributed by atoms with Gasteiger partial charge in [0.25, 0.3) is 0 Å². The summed E-state index contributed by atoms with van der Waals surface area (Å²) in [5.41, 5.74) is 4.27. The molecule has 0 fully saturated rings. The minimum absolute atomic E-state index is 0.0731. The molecule has 2 aromatic rings. The molecule has 17 heavy (non-hydrogen) atoms. The normalized spacial score (nSPS) is 10.3. The first-order valence-corrected chi connectivity index (χ1v) is 5.59. The van der Waals surface area contributed by atoms with E-state index < -0.39 is 0 Å². The van der Waals surface area contributed by atoms with Crippen LogP contribution in [-0.2, 0) is 6.61 Å². The van der Waals surface area contributed by atoms with Gasteiger partial charge in [0.15, 0.2) is 0 Å². The van der Waals surface area contributed by atoms with E-state index in [0.717, 1.165) is 28.0 Å². The number of aliphatic hydroxyl groups is 1. The Kier molecular flexibility index (Phi) is 3.45. The molecule has 0 bridgehead atoms. The van der Waals surface area contributed by atoms with Crippen LogP contribution in [-0.4, -0.2) is 12.2 Å². The molecule has 0 unspecified atom stereocenters. The summed E-state index contributed by atoms with van der Waals surface area (Å²) in [6, 6.07) is 14.0. The second-order valence-corrected chi connectivity index (χ2v) is 4.03. The number of benzene rings is 2. The van der Waals surface area contributed by atoms with Gasteiger partial charge in [-0.1, -0.05) is 24.3 Å². The smallest absolute Gasteiger partial charge is 0.119 e. The molecule has 1 N–H and O–H groups in total. The lowest BCUT2D eigenvalue weighted by atomic mass is 10.00. The molecule has 0 amide bonds. The molecule has 0 aromatic heterocycles. The summed E-state index contributed by atoms with van der Waals surface area (Å²) in [5.74, 6) is 0.841. The third kappa shape index (κ3) is 2.48. The summed E-state index contributed by atoms with van der Waals surface area (Å²) in [4.78, 5) is 0. The average molecular weight is 228 g/mol. The third-order valence-electron chi connectivity index (χ3n) is 2.92. The SMILES string of the molecule is COc1cccc(-c2ccc(C)c(CO)c2)c1. The van der Waals surface area contributed by atoms with E-state index >= 15 is 0 Å². The van der Waals surface area contributed by atoms with Crippen LogP contribution in [0.5, 0.6) is 5.75 Å². The number of aliphatic hydroxyl groups excluding tert-OH is 1. The molecule has 2 rings (SSSR count). The number of hydrogen-bond donors (Lipinski definition) is 1. The first-order chi connectivity index (χ1) is 8.24. The summed E-state index contributed by atoms with van der Waals surface area (Å²) >= 11 is 0. The summed E-state index contributed by atoms with van der Waals surface area (Å²) in [6.45, 7) is 2.07. The average Bonchev–Trinajstić information content (AvgIpc) is 2.39. The van der Waals surface area contributed by atoms with Crippen LogP contribution in [0.15, 0.2) is 42.5 Å². The zero-order valence-electron chi connectivity index (χ0n) is 10.1. The van der Waals surface area contributed by atoms with E-state index in [1.54, 1.807) is 7.11 Å². The Morgan fingerprint density at radius 1 is 1.06 bits per heavy atom. The van der Waals surface area contributed by atoms with Crippen molar-refractivity contribution in [1.29, 1.82) is 0 Å². The molecule has 0 atom stereocenters. The van der Waals surface area contributed by atoms with Crippen LogP contribution in [0.4, 0.5) is 0 Å². The van der Waals surface area contributed by atoms with Gasteiger partial charge >= 0.3 is 0 Å². The maximum Gasteiger partial charge on any atom is 0.119 e. The maximum atomic E-state index is 9.27. The number of ether oxygens (including phenoxy) is 1. The lowest BCUT2D eigenvalue weighted by molar-refractivity contribution is 0.281. The van der Waals surface area contributed by atoms with Crippen LogP contribution in [0.1, 0.15) is 11.1 Å². The lowest BCUT2D eigenvalue weighted by Gasteiger charge is -2.08. The van der Waals surface area contributed by atoms with Gasteiger partial charge in [0.05, 0.1) is 13.7 Å². The Balaban J connectivity index is 2.45. The highest BCUT2D eigenvalue weighted by atomic mass is 16.5. The fraction of sp³-hybridized carbons (Fsp3) is 0.200. The molecule has 0 aliphatic rings. The summed E-state index contributed by atoms with van der Waals surface area (Å²) < 4.78 is 5.21. The Bertz CT molecular complexity index is 518. The molecule has 0 spiro atoms. The zero-order chi connectivity index (χ0) is 12.3. The Hall–Kier alpha value is -1.80. The van der Waals surface area contributed by atoms with E-state index in [1.807, 2.05) is 43.3 Å². The second-order valence-electron chi connectivity index (χ2n) is 4.03. The highest BCUT2D eigenvalue weighted by molar-refractivity contribution is 5.66. The van der Waals surface area contributed by atoms with Crippen LogP contribution >= 0.6 is 0 Å². The van der Waals surface area contributed by atoms with Gasteiger partial charge in [0.1, 0.15) is 5.75 Å². The van der Waals surface area contributed by atoms with Gasteiger partial charge in [-0.15, -0.1) is 0 Å². The summed E-state index contributed by atoms with van der Waals surface area (Å²) in [5, 5.41) is 9.27. The molecule has 0 saturated heterocycles. The molecule has 2 aromatic carbocycles. The van der Waals surface area contributed by atoms with Crippen molar-refractivity contribution in [2.45, 2.75) is 13.5 Å².